The van der Waals surface area contributed by atoms with Gasteiger partial charge in [0.25, 0.3) is 7.12 Å². The van der Waals surface area contributed by atoms with E-state index in [-0.39, 0.29) is 18.8 Å². The van der Waals surface area contributed by atoms with Crippen LogP contribution < -0.4 is 10.5 Å². The predicted molar refractivity (Wildman–Crippen MR) is 121 cm³/mol. The summed E-state index contributed by atoms with van der Waals surface area (Å²) >= 11 is 0. The summed E-state index contributed by atoms with van der Waals surface area (Å²) in [6, 6.07) is -1.32. The average molecular weight is 430 g/mol. The number of nitrogens with zero attached hydrogens (tertiary/aromatic N) is 2. The van der Waals surface area contributed by atoms with Crippen molar-refractivity contribution in [2.75, 3.05) is 13.1 Å². The molecule has 0 spiro atoms. The molecule has 2 unspecified atom stereocenters. The summed E-state index contributed by atoms with van der Waals surface area (Å²) in [5, 5.41) is 9.74. The van der Waals surface area contributed by atoms with Crippen molar-refractivity contribution in [1.29, 1.82) is 0 Å². The number of carboxylic acids is 1. The lowest BCUT2D eigenvalue weighted by atomic mass is 9.99. The van der Waals surface area contributed by atoms with Crippen molar-refractivity contribution in [2.45, 2.75) is 24.9 Å². The van der Waals surface area contributed by atoms with E-state index in [2.05, 4.69) is 36.0 Å². The molecular formula is C20H27BN4O4S. The standard InChI is InChI=1S/C20H27BN4O4S/c1-5-14(11-15(6-2)17(7-3)19(22)23-8-4)12-18(20(26)27)25-10-9-16(13-25)24-30(21,28)29/h5-8,11,16,18,24H,1-4,9-10,12-13H2,(H2,22,23)(H,26,27)/b14-11+,17-15+. The van der Waals surface area contributed by atoms with Crippen LogP contribution in [0.1, 0.15) is 12.8 Å². The third kappa shape index (κ3) is 7.62. The van der Waals surface area contributed by atoms with E-state index in [4.69, 9.17) is 12.9 Å². The van der Waals surface area contributed by atoms with Gasteiger partial charge in [0.2, 0.25) is 0 Å². The SMILES string of the molecule is [B]S(=O)(=O)NC1CCN(C(C/C(C=C)=C/C(C=C)=C(\C=C)C(N)=NC=C)C(=O)O)C1. The molecule has 1 heterocycles. The first-order chi connectivity index (χ1) is 14.1. The van der Waals surface area contributed by atoms with Crippen LogP contribution in [-0.2, 0) is 14.7 Å². The molecule has 2 radical (unpaired) electrons. The molecule has 0 bridgehead atoms. The molecule has 0 amide bonds. The lowest BCUT2D eigenvalue weighted by molar-refractivity contribution is -0.142. The van der Waals surface area contributed by atoms with Crippen molar-refractivity contribution < 1.29 is 18.3 Å². The van der Waals surface area contributed by atoms with Gasteiger partial charge in [0.05, 0.1) is 0 Å². The van der Waals surface area contributed by atoms with Gasteiger partial charge in [-0.25, -0.2) is 18.1 Å². The van der Waals surface area contributed by atoms with Gasteiger partial charge in [0.1, 0.15) is 21.8 Å². The minimum absolute atomic E-state index is 0.140. The first kappa shape index (κ1) is 25.4. The monoisotopic (exact) mass is 430 g/mol. The van der Waals surface area contributed by atoms with Crippen molar-refractivity contribution >= 4 is 28.8 Å². The van der Waals surface area contributed by atoms with Crippen LogP contribution in [0.15, 0.2) is 78.5 Å². The van der Waals surface area contributed by atoms with Crippen molar-refractivity contribution in [2.24, 2.45) is 10.7 Å². The molecule has 1 rings (SSSR count). The van der Waals surface area contributed by atoms with Crippen molar-refractivity contribution in [3.63, 3.8) is 0 Å². The molecule has 1 saturated heterocycles. The molecule has 1 aliphatic heterocycles. The normalized spacial score (nSPS) is 20.2. The highest BCUT2D eigenvalue weighted by molar-refractivity contribution is 8.10. The Morgan fingerprint density at radius 3 is 2.43 bits per heavy atom. The Labute approximate surface area is 179 Å². The van der Waals surface area contributed by atoms with E-state index < -0.39 is 27.9 Å². The van der Waals surface area contributed by atoms with Gasteiger partial charge in [0.15, 0.2) is 0 Å². The number of nitrogens with two attached hydrogens (primary N) is 1. The summed E-state index contributed by atoms with van der Waals surface area (Å²) in [5.41, 5.74) is 7.68. The van der Waals surface area contributed by atoms with E-state index in [1.807, 2.05) is 0 Å². The number of likely N-dealkylation sites (tertiary alicyclic amines) is 1. The average Bonchev–Trinajstić information content (AvgIpc) is 3.10. The summed E-state index contributed by atoms with van der Waals surface area (Å²) in [6.07, 6.45) is 8.25. The molecule has 30 heavy (non-hydrogen) atoms. The molecule has 0 aromatic heterocycles. The van der Waals surface area contributed by atoms with Gasteiger partial charge in [-0.05, 0) is 24.0 Å². The number of carbonyl (C=O) groups is 1. The number of nitrogens with one attached hydrogen (secondary N) is 1. The van der Waals surface area contributed by atoms with Crippen LogP contribution in [0.5, 0.6) is 0 Å². The zero-order valence-corrected chi connectivity index (χ0v) is 17.6. The molecule has 4 N–H and O–H groups in total. The first-order valence-electron chi connectivity index (χ1n) is 9.09. The maximum Gasteiger partial charge on any atom is 0.321 e. The van der Waals surface area contributed by atoms with Crippen LogP contribution in [0.25, 0.3) is 0 Å². The van der Waals surface area contributed by atoms with Crippen LogP contribution in [0, 0.1) is 0 Å². The van der Waals surface area contributed by atoms with E-state index in [9.17, 15) is 18.3 Å². The highest BCUT2D eigenvalue weighted by atomic mass is 32.2. The second-order valence-corrected chi connectivity index (χ2v) is 7.92. The molecule has 160 valence electrons. The highest BCUT2D eigenvalue weighted by Crippen LogP contribution is 2.22. The molecule has 0 aromatic rings. The minimum Gasteiger partial charge on any atom is -0.480 e. The second-order valence-electron chi connectivity index (χ2n) is 6.60. The smallest absolute Gasteiger partial charge is 0.321 e. The number of hydrogen-bond acceptors (Lipinski definition) is 5. The van der Waals surface area contributed by atoms with E-state index in [0.29, 0.717) is 29.7 Å². The van der Waals surface area contributed by atoms with Gasteiger partial charge in [-0.2, -0.15) is 0 Å². The Morgan fingerprint density at radius 2 is 1.97 bits per heavy atom. The van der Waals surface area contributed by atoms with E-state index in [1.165, 1.54) is 12.3 Å². The van der Waals surface area contributed by atoms with Crippen LogP contribution in [0.4, 0.5) is 0 Å². The minimum atomic E-state index is -3.86. The molecule has 1 aliphatic rings. The summed E-state index contributed by atoms with van der Waals surface area (Å²) in [5.74, 6) is -0.833. The van der Waals surface area contributed by atoms with Crippen LogP contribution >= 0.6 is 0 Å². The van der Waals surface area contributed by atoms with Gasteiger partial charge >= 0.3 is 5.97 Å². The van der Waals surface area contributed by atoms with Crippen LogP contribution in [0.3, 0.4) is 0 Å². The van der Waals surface area contributed by atoms with Crippen LogP contribution in [0.2, 0.25) is 0 Å². The van der Waals surface area contributed by atoms with E-state index in [1.54, 1.807) is 23.1 Å². The first-order valence-corrected chi connectivity index (χ1v) is 10.6. The number of carboxylic acid groups (broad SMARTS) is 1. The molecule has 8 nitrogen and oxygen atoms in total. The number of aliphatic imine (C=N–C) groups is 1. The van der Waals surface area contributed by atoms with Gasteiger partial charge < -0.3 is 10.8 Å². The third-order valence-corrected chi connectivity index (χ3v) is 5.21. The topological polar surface area (TPSA) is 125 Å². The van der Waals surface area contributed by atoms with Crippen molar-refractivity contribution in [3.05, 3.63) is 73.5 Å². The van der Waals surface area contributed by atoms with E-state index >= 15 is 0 Å². The maximum absolute atomic E-state index is 11.9. The molecule has 0 aromatic carbocycles. The Balaban J connectivity index is 3.16. The van der Waals surface area contributed by atoms with Gasteiger partial charge in [-0.1, -0.05) is 50.6 Å². The van der Waals surface area contributed by atoms with Gasteiger partial charge in [0, 0.05) is 30.9 Å². The Bertz CT molecular complexity index is 906. The molecular weight excluding hydrogens is 403 g/mol. The highest BCUT2D eigenvalue weighted by Gasteiger charge is 2.33. The zero-order valence-electron chi connectivity index (χ0n) is 16.8. The fourth-order valence-electron chi connectivity index (χ4n) is 3.18. The largest absolute Gasteiger partial charge is 0.480 e. The fraction of sp³-hybridized carbons (Fsp3) is 0.300. The summed E-state index contributed by atoms with van der Waals surface area (Å²) < 4.78 is 24.8. The quantitative estimate of drug-likeness (QED) is 0.185. The molecule has 0 saturated carbocycles. The Kier molecular flexibility index (Phi) is 9.71. The van der Waals surface area contributed by atoms with E-state index in [0.717, 1.165) is 0 Å². The van der Waals surface area contributed by atoms with Gasteiger partial charge in [-0.15, -0.1) is 0 Å². The molecule has 1 fully saturated rings. The second kappa shape index (κ2) is 11.5. The summed E-state index contributed by atoms with van der Waals surface area (Å²) in [4.78, 5) is 17.5. The Morgan fingerprint density at radius 1 is 1.30 bits per heavy atom. The molecule has 10 heteroatoms. The maximum atomic E-state index is 11.9. The van der Waals surface area contributed by atoms with Gasteiger partial charge in [-0.3, -0.25) is 9.69 Å². The molecule has 0 aliphatic carbocycles. The lowest BCUT2D eigenvalue weighted by Gasteiger charge is -2.25. The van der Waals surface area contributed by atoms with Crippen molar-refractivity contribution in [1.82, 2.24) is 9.62 Å². The molecule has 2 atom stereocenters. The number of allylic oxidation sites excluding steroid dienone is 4. The lowest BCUT2D eigenvalue weighted by Crippen LogP contribution is -2.43. The zero-order chi connectivity index (χ0) is 22.9. The number of amidine groups is 1. The Hall–Kier alpha value is -2.69. The predicted octanol–water partition coefficient (Wildman–Crippen LogP) is 1.19. The van der Waals surface area contributed by atoms with Crippen molar-refractivity contribution in [3.8, 4) is 0 Å². The number of hydrogen-bond donors (Lipinski definition) is 3. The summed E-state index contributed by atoms with van der Waals surface area (Å²) in [6.45, 7) is 15.4. The number of rotatable bonds is 12. The number of aliphatic carboxylic acids is 1. The third-order valence-electron chi connectivity index (χ3n) is 4.55. The van der Waals surface area contributed by atoms with Crippen LogP contribution in [-0.4, -0.2) is 62.5 Å². The summed E-state index contributed by atoms with van der Waals surface area (Å²) in [7, 11) is 1.15. The fourth-order valence-corrected chi connectivity index (χ4v) is 3.84.